The van der Waals surface area contributed by atoms with E-state index in [2.05, 4.69) is 61.8 Å². The van der Waals surface area contributed by atoms with Crippen LogP contribution in [0, 0.1) is 20.8 Å². The smallest absolute Gasteiger partial charge is 0.0910 e. The van der Waals surface area contributed by atoms with Crippen molar-refractivity contribution in [2.24, 2.45) is 0 Å². The van der Waals surface area contributed by atoms with Crippen LogP contribution in [0.25, 0.3) is 0 Å². The lowest BCUT2D eigenvalue weighted by molar-refractivity contribution is 0.319. The van der Waals surface area contributed by atoms with E-state index in [0.29, 0.717) is 5.41 Å². The maximum absolute atomic E-state index is 2.60. The van der Waals surface area contributed by atoms with E-state index in [-0.39, 0.29) is 0 Å². The van der Waals surface area contributed by atoms with Crippen LogP contribution in [-0.2, 0) is 18.5 Å². The molecule has 0 radical (unpaired) electrons. The highest BCUT2D eigenvalue weighted by Crippen LogP contribution is 2.45. The number of hydrogen-bond acceptors (Lipinski definition) is 2. The summed E-state index contributed by atoms with van der Waals surface area (Å²) in [5.41, 5.74) is 12.3. The molecule has 0 unspecified atom stereocenters. The average molecular weight is 361 g/mol. The second kappa shape index (κ2) is 6.02. The second-order valence-electron chi connectivity index (χ2n) is 9.55. The van der Waals surface area contributed by atoms with Crippen LogP contribution in [0.1, 0.15) is 72.4 Å². The van der Waals surface area contributed by atoms with E-state index in [1.807, 2.05) is 0 Å². The fourth-order valence-corrected chi connectivity index (χ4v) is 6.03. The van der Waals surface area contributed by atoms with E-state index >= 15 is 0 Å². The van der Waals surface area contributed by atoms with Crippen LogP contribution in [-0.4, -0.2) is 6.67 Å². The van der Waals surface area contributed by atoms with E-state index in [9.17, 15) is 0 Å². The lowest BCUT2D eigenvalue weighted by Gasteiger charge is -2.47. The summed E-state index contributed by atoms with van der Waals surface area (Å²) in [5, 5.41) is 0. The van der Waals surface area contributed by atoms with Gasteiger partial charge in [-0.3, -0.25) is 0 Å². The highest BCUT2D eigenvalue weighted by atomic mass is 15.4. The Kier molecular flexibility index (Phi) is 3.83. The zero-order chi connectivity index (χ0) is 18.8. The first-order chi connectivity index (χ1) is 12.9. The number of benzene rings is 2. The molecule has 0 amide bonds. The molecule has 2 aromatic carbocycles. The van der Waals surface area contributed by atoms with Gasteiger partial charge in [0.05, 0.1) is 6.67 Å². The van der Waals surface area contributed by atoms with Crippen LogP contribution in [0.3, 0.4) is 0 Å². The molecule has 0 N–H and O–H groups in total. The van der Waals surface area contributed by atoms with E-state index < -0.39 is 0 Å². The Balaban J connectivity index is 1.58. The van der Waals surface area contributed by atoms with Crippen molar-refractivity contribution >= 4 is 11.4 Å². The topological polar surface area (TPSA) is 6.48 Å². The van der Waals surface area contributed by atoms with Crippen molar-refractivity contribution in [2.45, 2.75) is 78.3 Å². The van der Waals surface area contributed by atoms with Gasteiger partial charge in [-0.2, -0.15) is 0 Å². The molecule has 5 rings (SSSR count). The third-order valence-electron chi connectivity index (χ3n) is 7.25. The zero-order valence-electron chi connectivity index (χ0n) is 17.4. The lowest BCUT2D eigenvalue weighted by Crippen LogP contribution is -2.47. The standard InChI is InChI=1S/C25H32N2/c1-17-10-18(2)23-20(11-17)14-26-16-27(23)15-21-13-22(12-19(3)24(21)26)25(4)8-6-5-7-9-25/h10-13H,5-9,14-16H2,1-4H3. The SMILES string of the molecule is Cc1cc(C)c2c(c1)CN1CN2Cc2cc(C3(C)CCCCC3)cc(C)c21. The summed E-state index contributed by atoms with van der Waals surface area (Å²) in [6, 6.07) is 9.80. The third-order valence-corrected chi connectivity index (χ3v) is 7.25. The molecular formula is C25H32N2. The maximum atomic E-state index is 2.60. The second-order valence-corrected chi connectivity index (χ2v) is 9.55. The first kappa shape index (κ1) is 17.2. The molecule has 0 spiro atoms. The summed E-state index contributed by atoms with van der Waals surface area (Å²) in [7, 11) is 0. The van der Waals surface area contributed by atoms with Gasteiger partial charge in [-0.25, -0.2) is 0 Å². The molecule has 2 heterocycles. The number of nitrogens with zero attached hydrogens (tertiary/aromatic N) is 2. The van der Waals surface area contributed by atoms with Gasteiger partial charge >= 0.3 is 0 Å². The number of anilines is 2. The predicted molar refractivity (Wildman–Crippen MR) is 115 cm³/mol. The normalized spacial score (nSPS) is 20.3. The Labute approximate surface area is 164 Å². The van der Waals surface area contributed by atoms with E-state index in [1.165, 1.54) is 71.3 Å². The highest BCUT2D eigenvalue weighted by Gasteiger charge is 2.34. The Morgan fingerprint density at radius 1 is 0.741 bits per heavy atom. The molecule has 1 aliphatic carbocycles. The minimum atomic E-state index is 0.375. The molecule has 2 aliphatic heterocycles. The van der Waals surface area contributed by atoms with Crippen molar-refractivity contribution < 1.29 is 0 Å². The van der Waals surface area contributed by atoms with Gasteiger partial charge in [0.15, 0.2) is 0 Å². The third kappa shape index (κ3) is 2.68. The highest BCUT2D eigenvalue weighted by molar-refractivity contribution is 5.72. The number of aryl methyl sites for hydroxylation is 3. The molecule has 3 aliphatic rings. The molecule has 0 aromatic heterocycles. The Hall–Kier alpha value is -1.96. The summed E-state index contributed by atoms with van der Waals surface area (Å²) >= 11 is 0. The van der Waals surface area contributed by atoms with Crippen molar-refractivity contribution in [3.05, 3.63) is 57.6 Å². The summed E-state index contributed by atoms with van der Waals surface area (Å²) in [5.74, 6) is 0. The Morgan fingerprint density at radius 3 is 2.00 bits per heavy atom. The lowest BCUT2D eigenvalue weighted by atomic mass is 9.70. The molecule has 2 aromatic rings. The molecule has 2 heteroatoms. The van der Waals surface area contributed by atoms with E-state index in [1.54, 1.807) is 5.56 Å². The van der Waals surface area contributed by atoms with Crippen LogP contribution in [0.4, 0.5) is 11.4 Å². The largest absolute Gasteiger partial charge is 0.349 e. The Bertz CT molecular complexity index is 905. The first-order valence-electron chi connectivity index (χ1n) is 10.7. The molecule has 1 saturated carbocycles. The maximum Gasteiger partial charge on any atom is 0.0910 e. The molecule has 27 heavy (non-hydrogen) atoms. The van der Waals surface area contributed by atoms with Crippen LogP contribution >= 0.6 is 0 Å². The van der Waals surface area contributed by atoms with Crippen LogP contribution < -0.4 is 9.80 Å². The van der Waals surface area contributed by atoms with Gasteiger partial charge in [-0.05, 0) is 66.8 Å². The van der Waals surface area contributed by atoms with Crippen molar-refractivity contribution in [3.63, 3.8) is 0 Å². The number of rotatable bonds is 1. The average Bonchev–Trinajstić information content (AvgIpc) is 2.61. The van der Waals surface area contributed by atoms with Crippen LogP contribution in [0.5, 0.6) is 0 Å². The minimum absolute atomic E-state index is 0.375. The quantitative estimate of drug-likeness (QED) is 0.603. The number of hydrogen-bond donors (Lipinski definition) is 0. The fraction of sp³-hybridized carbons (Fsp3) is 0.520. The Morgan fingerprint density at radius 2 is 1.33 bits per heavy atom. The van der Waals surface area contributed by atoms with Crippen molar-refractivity contribution in [3.8, 4) is 0 Å². The monoisotopic (exact) mass is 360 g/mol. The van der Waals surface area contributed by atoms with Gasteiger partial charge in [0.2, 0.25) is 0 Å². The molecule has 2 bridgehead atoms. The van der Waals surface area contributed by atoms with Crippen molar-refractivity contribution in [1.29, 1.82) is 0 Å². The van der Waals surface area contributed by atoms with E-state index in [0.717, 1.165) is 19.8 Å². The predicted octanol–water partition coefficient (Wildman–Crippen LogP) is 6.13. The van der Waals surface area contributed by atoms with Gasteiger partial charge in [-0.1, -0.05) is 56.0 Å². The van der Waals surface area contributed by atoms with Gasteiger partial charge in [-0.15, -0.1) is 0 Å². The van der Waals surface area contributed by atoms with Gasteiger partial charge in [0.25, 0.3) is 0 Å². The van der Waals surface area contributed by atoms with Crippen LogP contribution in [0.15, 0.2) is 24.3 Å². The van der Waals surface area contributed by atoms with E-state index in [4.69, 9.17) is 0 Å². The van der Waals surface area contributed by atoms with Crippen molar-refractivity contribution in [1.82, 2.24) is 0 Å². The molecule has 2 nitrogen and oxygen atoms in total. The molecule has 0 saturated heterocycles. The zero-order valence-corrected chi connectivity index (χ0v) is 17.4. The first-order valence-corrected chi connectivity index (χ1v) is 10.7. The molecule has 142 valence electrons. The minimum Gasteiger partial charge on any atom is -0.349 e. The van der Waals surface area contributed by atoms with Gasteiger partial charge in [0, 0.05) is 24.5 Å². The molecule has 0 atom stereocenters. The van der Waals surface area contributed by atoms with Crippen molar-refractivity contribution in [2.75, 3.05) is 16.5 Å². The summed E-state index contributed by atoms with van der Waals surface area (Å²) in [6.07, 6.45) is 6.88. The fourth-order valence-electron chi connectivity index (χ4n) is 6.03. The van der Waals surface area contributed by atoms with Crippen LogP contribution in [0.2, 0.25) is 0 Å². The van der Waals surface area contributed by atoms with Gasteiger partial charge < -0.3 is 9.80 Å². The molecule has 1 fully saturated rings. The molecular weight excluding hydrogens is 328 g/mol. The van der Waals surface area contributed by atoms with Gasteiger partial charge in [0.1, 0.15) is 0 Å². The summed E-state index contributed by atoms with van der Waals surface area (Å²) in [6.45, 7) is 12.5. The number of fused-ring (bicyclic) bond motifs is 6. The summed E-state index contributed by atoms with van der Waals surface area (Å²) < 4.78 is 0. The summed E-state index contributed by atoms with van der Waals surface area (Å²) in [4.78, 5) is 5.20.